The van der Waals surface area contributed by atoms with Crippen molar-refractivity contribution in [1.82, 2.24) is 4.98 Å². The van der Waals surface area contributed by atoms with Crippen molar-refractivity contribution < 1.29 is 4.79 Å². The van der Waals surface area contributed by atoms with Crippen molar-refractivity contribution in [3.63, 3.8) is 0 Å². The molecule has 0 atom stereocenters. The minimum Gasteiger partial charge on any atom is -0.354 e. The molecule has 1 N–H and O–H groups in total. The molecule has 0 aliphatic heterocycles. The molecule has 0 saturated heterocycles. The van der Waals surface area contributed by atoms with Crippen LogP contribution >= 0.6 is 0 Å². The number of hydrogen-bond donors (Lipinski definition) is 1. The average molecular weight is 285 g/mol. The van der Waals surface area contributed by atoms with Crippen molar-refractivity contribution >= 4 is 33.7 Å². The van der Waals surface area contributed by atoms with E-state index in [0.29, 0.717) is 0 Å². The third-order valence-corrected chi connectivity index (χ3v) is 4.06. The summed E-state index contributed by atoms with van der Waals surface area (Å²) in [7, 11) is 0. The van der Waals surface area contributed by atoms with E-state index >= 15 is 0 Å². The summed E-state index contributed by atoms with van der Waals surface area (Å²) in [4.78, 5) is 14.9. The number of aromatic amines is 1. The van der Waals surface area contributed by atoms with Gasteiger partial charge in [-0.3, -0.25) is 4.79 Å². The van der Waals surface area contributed by atoms with Crippen LogP contribution in [0.5, 0.6) is 0 Å². The second-order valence-corrected chi connectivity index (χ2v) is 5.52. The SMILES string of the molecule is CC(=O)/C=C/c1c2cccccc-2c2c1[nH]c1ccccc12. The van der Waals surface area contributed by atoms with E-state index in [9.17, 15) is 4.79 Å². The molecule has 1 heterocycles. The molecule has 0 fully saturated rings. The van der Waals surface area contributed by atoms with Crippen molar-refractivity contribution in [1.29, 1.82) is 0 Å². The molecule has 2 nitrogen and oxygen atoms in total. The van der Waals surface area contributed by atoms with Crippen LogP contribution in [0.1, 0.15) is 12.5 Å². The average Bonchev–Trinajstić information content (AvgIpc) is 2.90. The molecule has 2 aromatic rings. The van der Waals surface area contributed by atoms with E-state index in [1.165, 1.54) is 16.3 Å². The van der Waals surface area contributed by atoms with Crippen LogP contribution in [-0.4, -0.2) is 10.8 Å². The van der Waals surface area contributed by atoms with Crippen molar-refractivity contribution in [2.45, 2.75) is 6.92 Å². The summed E-state index contributed by atoms with van der Waals surface area (Å²) in [6.45, 7) is 1.57. The molecule has 0 unspecified atom stereocenters. The first-order chi connectivity index (χ1) is 10.8. The van der Waals surface area contributed by atoms with Crippen LogP contribution in [0.3, 0.4) is 0 Å². The van der Waals surface area contributed by atoms with Gasteiger partial charge in [0, 0.05) is 21.9 Å². The van der Waals surface area contributed by atoms with Gasteiger partial charge in [-0.2, -0.15) is 0 Å². The van der Waals surface area contributed by atoms with E-state index in [0.717, 1.165) is 22.2 Å². The Bertz CT molecular complexity index is 1010. The maximum Gasteiger partial charge on any atom is 0.152 e. The maximum absolute atomic E-state index is 11.3. The molecular weight excluding hydrogens is 270 g/mol. The van der Waals surface area contributed by atoms with Crippen molar-refractivity contribution in [2.24, 2.45) is 0 Å². The fourth-order valence-electron chi connectivity index (χ4n) is 3.13. The third-order valence-electron chi connectivity index (χ3n) is 4.06. The maximum atomic E-state index is 11.3. The molecule has 1 aromatic carbocycles. The Hall–Kier alpha value is -2.87. The zero-order valence-electron chi connectivity index (χ0n) is 12.3. The number of ketones is 1. The van der Waals surface area contributed by atoms with Gasteiger partial charge in [-0.1, -0.05) is 48.5 Å². The van der Waals surface area contributed by atoms with Crippen LogP contribution in [0.25, 0.3) is 39.0 Å². The first-order valence-electron chi connectivity index (χ1n) is 7.35. The molecule has 0 amide bonds. The highest BCUT2D eigenvalue weighted by atomic mass is 16.1. The number of rotatable bonds is 2. The lowest BCUT2D eigenvalue weighted by atomic mass is 10.1. The Morgan fingerprint density at radius 3 is 2.50 bits per heavy atom. The van der Waals surface area contributed by atoms with Gasteiger partial charge in [0.1, 0.15) is 0 Å². The summed E-state index contributed by atoms with van der Waals surface area (Å²) in [5.41, 5.74) is 5.67. The van der Waals surface area contributed by atoms with Gasteiger partial charge in [0.05, 0.1) is 5.52 Å². The molecule has 0 radical (unpaired) electrons. The van der Waals surface area contributed by atoms with E-state index in [-0.39, 0.29) is 5.78 Å². The third kappa shape index (κ3) is 1.85. The molecule has 0 saturated carbocycles. The van der Waals surface area contributed by atoms with Gasteiger partial charge in [0.15, 0.2) is 5.78 Å². The van der Waals surface area contributed by atoms with Crippen LogP contribution < -0.4 is 0 Å². The summed E-state index contributed by atoms with van der Waals surface area (Å²) in [5, 5.41) is 2.45. The van der Waals surface area contributed by atoms with Gasteiger partial charge < -0.3 is 4.98 Å². The topological polar surface area (TPSA) is 32.9 Å². The molecule has 0 bridgehead atoms. The van der Waals surface area contributed by atoms with Crippen LogP contribution in [-0.2, 0) is 4.79 Å². The molecule has 2 heteroatoms. The zero-order valence-corrected chi connectivity index (χ0v) is 12.3. The van der Waals surface area contributed by atoms with Gasteiger partial charge >= 0.3 is 0 Å². The second-order valence-electron chi connectivity index (χ2n) is 5.52. The monoisotopic (exact) mass is 285 g/mol. The highest BCUT2D eigenvalue weighted by Gasteiger charge is 2.18. The number of hydrogen-bond acceptors (Lipinski definition) is 1. The first-order valence-corrected chi connectivity index (χ1v) is 7.35. The van der Waals surface area contributed by atoms with Crippen LogP contribution in [0.4, 0.5) is 0 Å². The lowest BCUT2D eigenvalue weighted by molar-refractivity contribution is -0.112. The van der Waals surface area contributed by atoms with E-state index < -0.39 is 0 Å². The van der Waals surface area contributed by atoms with Crippen molar-refractivity contribution in [3.05, 3.63) is 66.2 Å². The van der Waals surface area contributed by atoms with Crippen LogP contribution in [0.15, 0.2) is 60.7 Å². The Labute approximate surface area is 128 Å². The molecular formula is C20H15NO. The van der Waals surface area contributed by atoms with Gasteiger partial charge in [-0.15, -0.1) is 0 Å². The molecule has 106 valence electrons. The Morgan fingerprint density at radius 2 is 1.68 bits per heavy atom. The van der Waals surface area contributed by atoms with Crippen molar-refractivity contribution in [2.75, 3.05) is 0 Å². The number of nitrogens with one attached hydrogen (secondary N) is 1. The minimum atomic E-state index is 0.0546. The largest absolute Gasteiger partial charge is 0.354 e. The van der Waals surface area contributed by atoms with Gasteiger partial charge in [-0.25, -0.2) is 0 Å². The van der Waals surface area contributed by atoms with E-state index in [2.05, 4.69) is 41.4 Å². The van der Waals surface area contributed by atoms with Gasteiger partial charge in [-0.05, 0) is 36.3 Å². The second kappa shape index (κ2) is 4.85. The number of carbonyl (C=O) groups excluding carboxylic acids is 1. The number of carbonyl (C=O) groups is 1. The number of fused-ring (bicyclic) bond motifs is 5. The number of H-pyrrole nitrogens is 1. The van der Waals surface area contributed by atoms with Gasteiger partial charge in [0.25, 0.3) is 0 Å². The summed E-state index contributed by atoms with van der Waals surface area (Å²) in [6, 6.07) is 18.7. The molecule has 22 heavy (non-hydrogen) atoms. The fraction of sp³-hybridized carbons (Fsp3) is 0.0500. The number of benzene rings is 1. The Kier molecular flexibility index (Phi) is 2.83. The Morgan fingerprint density at radius 1 is 0.955 bits per heavy atom. The molecule has 4 rings (SSSR count). The standard InChI is InChI=1S/C20H15NO/c1-13(22)11-12-16-14-7-3-2-4-8-15(14)19-17-9-5-6-10-18(17)21-20(16)19/h2-12,21H,1H3/b12-11+. The summed E-state index contributed by atoms with van der Waals surface area (Å²) in [5.74, 6) is 0.0546. The highest BCUT2D eigenvalue weighted by molar-refractivity contribution is 6.21. The quantitative estimate of drug-likeness (QED) is 0.515. The lowest BCUT2D eigenvalue weighted by Gasteiger charge is -1.98. The lowest BCUT2D eigenvalue weighted by Crippen LogP contribution is -1.81. The smallest absolute Gasteiger partial charge is 0.152 e. The molecule has 2 aliphatic carbocycles. The number of para-hydroxylation sites is 1. The number of allylic oxidation sites excluding steroid dienone is 1. The predicted octanol–water partition coefficient (Wildman–Crippen LogP) is 5.03. The first kappa shape index (κ1) is 12.8. The molecule has 2 aliphatic rings. The summed E-state index contributed by atoms with van der Waals surface area (Å²) in [6.07, 6.45) is 3.55. The van der Waals surface area contributed by atoms with Gasteiger partial charge in [0.2, 0.25) is 0 Å². The minimum absolute atomic E-state index is 0.0546. The fourth-order valence-corrected chi connectivity index (χ4v) is 3.13. The van der Waals surface area contributed by atoms with Crippen LogP contribution in [0, 0.1) is 0 Å². The predicted molar refractivity (Wildman–Crippen MR) is 92.1 cm³/mol. The normalized spacial score (nSPS) is 11.9. The Balaban J connectivity index is 2.18. The van der Waals surface area contributed by atoms with E-state index in [4.69, 9.17) is 0 Å². The van der Waals surface area contributed by atoms with E-state index in [1.54, 1.807) is 13.0 Å². The molecule has 1 aromatic heterocycles. The number of aromatic nitrogens is 1. The summed E-state index contributed by atoms with van der Waals surface area (Å²) < 4.78 is 0. The zero-order chi connectivity index (χ0) is 15.1. The highest BCUT2D eigenvalue weighted by Crippen LogP contribution is 2.42. The molecule has 0 spiro atoms. The summed E-state index contributed by atoms with van der Waals surface area (Å²) >= 11 is 0. The van der Waals surface area contributed by atoms with Crippen molar-refractivity contribution in [3.8, 4) is 11.1 Å². The van der Waals surface area contributed by atoms with Crippen LogP contribution in [0.2, 0.25) is 0 Å². The van der Waals surface area contributed by atoms with E-state index in [1.807, 2.05) is 24.3 Å².